The van der Waals surface area contributed by atoms with Crippen LogP contribution < -0.4 is 20.5 Å². The van der Waals surface area contributed by atoms with Crippen molar-refractivity contribution in [2.24, 2.45) is 0 Å². The van der Waals surface area contributed by atoms with Gasteiger partial charge in [-0.1, -0.05) is 30.3 Å². The molecule has 216 valence electrons. The van der Waals surface area contributed by atoms with Gasteiger partial charge in [0.05, 0.1) is 18.5 Å². The maximum absolute atomic E-state index is 16.5. The molecule has 0 radical (unpaired) electrons. The molecule has 1 aliphatic rings. The molecule has 1 fully saturated rings. The Balaban J connectivity index is 1.43. The van der Waals surface area contributed by atoms with E-state index in [1.807, 2.05) is 61.5 Å². The molecule has 0 aliphatic carbocycles. The SMILES string of the molecule is CCOc1cc(OC2CCN(C)CC2)c(F)c(C(Nc2ccc3c(N)nccc3c2)c2ncc(-c3ccccc3)[nH]2)c1. The zero-order valence-electron chi connectivity index (χ0n) is 23.8. The summed E-state index contributed by atoms with van der Waals surface area (Å²) in [5.41, 5.74) is 9.04. The standard InChI is InChI=1S/C33H35FN6O2/c1-3-41-25-18-27(30(34)29(19-25)42-24-12-15-40(2)16-13-24)31(33-37-20-28(39-33)21-7-5-4-6-8-21)38-23-9-10-26-22(17-23)11-14-36-32(26)35/h4-11,14,17-20,24,31,38H,3,12-13,15-16H2,1-2H3,(H2,35,36)(H,37,39). The van der Waals surface area contributed by atoms with Gasteiger partial charge in [-0.3, -0.25) is 0 Å². The fourth-order valence-electron chi connectivity index (χ4n) is 5.42. The van der Waals surface area contributed by atoms with Crippen LogP contribution in [0.25, 0.3) is 22.0 Å². The number of hydrogen-bond acceptors (Lipinski definition) is 7. The Morgan fingerprint density at radius 2 is 1.88 bits per heavy atom. The van der Waals surface area contributed by atoms with Gasteiger partial charge in [-0.2, -0.15) is 0 Å². The van der Waals surface area contributed by atoms with E-state index in [4.69, 9.17) is 20.2 Å². The van der Waals surface area contributed by atoms with E-state index in [9.17, 15) is 0 Å². The number of H-pyrrole nitrogens is 1. The van der Waals surface area contributed by atoms with Crippen molar-refractivity contribution >= 4 is 22.3 Å². The number of halogens is 1. The Kier molecular flexibility index (Phi) is 7.92. The third-order valence-electron chi connectivity index (χ3n) is 7.68. The van der Waals surface area contributed by atoms with Crippen molar-refractivity contribution in [1.29, 1.82) is 0 Å². The van der Waals surface area contributed by atoms with E-state index in [1.54, 1.807) is 24.5 Å². The Bertz CT molecular complexity index is 1670. The zero-order chi connectivity index (χ0) is 29.1. The molecule has 4 N–H and O–H groups in total. The third kappa shape index (κ3) is 5.87. The first-order valence-corrected chi connectivity index (χ1v) is 14.3. The largest absolute Gasteiger partial charge is 0.494 e. The van der Waals surface area contributed by atoms with Crippen LogP contribution >= 0.6 is 0 Å². The molecule has 0 saturated carbocycles. The van der Waals surface area contributed by atoms with Crippen molar-refractivity contribution in [3.05, 3.63) is 96.3 Å². The molecule has 6 rings (SSSR count). The smallest absolute Gasteiger partial charge is 0.171 e. The summed E-state index contributed by atoms with van der Waals surface area (Å²) in [4.78, 5) is 14.6. The van der Waals surface area contributed by atoms with Crippen LogP contribution in [-0.2, 0) is 0 Å². The highest BCUT2D eigenvalue weighted by atomic mass is 19.1. The molecule has 1 atom stereocenters. The predicted molar refractivity (Wildman–Crippen MR) is 164 cm³/mol. The van der Waals surface area contributed by atoms with Gasteiger partial charge in [0.1, 0.15) is 29.5 Å². The minimum atomic E-state index is -0.681. The molecule has 0 spiro atoms. The topological polar surface area (TPSA) is 101 Å². The number of nitrogens with zero attached hydrogens (tertiary/aromatic N) is 3. The second-order valence-electron chi connectivity index (χ2n) is 10.6. The maximum Gasteiger partial charge on any atom is 0.171 e. The summed E-state index contributed by atoms with van der Waals surface area (Å²) in [5.74, 6) is 1.29. The van der Waals surface area contributed by atoms with Gasteiger partial charge in [-0.25, -0.2) is 14.4 Å². The van der Waals surface area contributed by atoms with Gasteiger partial charge in [-0.05, 0) is 68.1 Å². The molecule has 1 aliphatic heterocycles. The Labute approximate surface area is 244 Å². The molecule has 5 aromatic rings. The minimum Gasteiger partial charge on any atom is -0.494 e. The number of nitrogens with two attached hydrogens (primary N) is 1. The van der Waals surface area contributed by atoms with Crippen LogP contribution in [0.4, 0.5) is 15.9 Å². The van der Waals surface area contributed by atoms with Crippen molar-refractivity contribution in [3.63, 3.8) is 0 Å². The monoisotopic (exact) mass is 566 g/mol. The number of likely N-dealkylation sites (tertiary alicyclic amines) is 1. The van der Waals surface area contributed by atoms with Gasteiger partial charge >= 0.3 is 0 Å². The average molecular weight is 567 g/mol. The number of aromatic nitrogens is 3. The number of imidazole rings is 1. The Hall–Kier alpha value is -4.63. The van der Waals surface area contributed by atoms with Crippen LogP contribution in [-0.4, -0.2) is 52.7 Å². The lowest BCUT2D eigenvalue weighted by molar-refractivity contribution is 0.109. The van der Waals surface area contributed by atoms with Gasteiger partial charge < -0.3 is 30.4 Å². The first-order valence-electron chi connectivity index (χ1n) is 14.3. The fourth-order valence-corrected chi connectivity index (χ4v) is 5.42. The lowest BCUT2D eigenvalue weighted by Crippen LogP contribution is -2.35. The molecular weight excluding hydrogens is 531 g/mol. The van der Waals surface area contributed by atoms with E-state index in [0.29, 0.717) is 29.6 Å². The molecule has 1 saturated heterocycles. The number of rotatable bonds is 9. The summed E-state index contributed by atoms with van der Waals surface area (Å²) in [6, 6.07) is 20.3. The summed E-state index contributed by atoms with van der Waals surface area (Å²) in [7, 11) is 2.09. The van der Waals surface area contributed by atoms with Crippen LogP contribution in [0.1, 0.15) is 37.2 Å². The number of pyridine rings is 1. The summed E-state index contributed by atoms with van der Waals surface area (Å²) in [5, 5.41) is 5.29. The molecule has 0 amide bonds. The van der Waals surface area contributed by atoms with Crippen molar-refractivity contribution < 1.29 is 13.9 Å². The molecule has 9 heteroatoms. The Morgan fingerprint density at radius 3 is 2.67 bits per heavy atom. The van der Waals surface area contributed by atoms with Crippen LogP contribution in [0.2, 0.25) is 0 Å². The normalized spacial score (nSPS) is 15.0. The van der Waals surface area contributed by atoms with Gasteiger partial charge in [0.15, 0.2) is 11.6 Å². The quantitative estimate of drug-likeness (QED) is 0.189. The molecule has 2 aromatic heterocycles. The van der Waals surface area contributed by atoms with Gasteiger partial charge in [-0.15, -0.1) is 0 Å². The third-order valence-corrected chi connectivity index (χ3v) is 7.68. The summed E-state index contributed by atoms with van der Waals surface area (Å²) in [6.07, 6.45) is 5.04. The number of ether oxygens (including phenoxy) is 2. The predicted octanol–water partition coefficient (Wildman–Crippen LogP) is 6.42. The molecule has 3 aromatic carbocycles. The first-order chi connectivity index (χ1) is 20.5. The summed E-state index contributed by atoms with van der Waals surface area (Å²) < 4.78 is 28.7. The number of nitrogen functional groups attached to an aromatic ring is 1. The lowest BCUT2D eigenvalue weighted by Gasteiger charge is -2.30. The zero-order valence-corrected chi connectivity index (χ0v) is 23.8. The average Bonchev–Trinajstić information content (AvgIpc) is 3.50. The molecule has 8 nitrogen and oxygen atoms in total. The number of nitrogens with one attached hydrogen (secondary N) is 2. The van der Waals surface area contributed by atoms with Crippen LogP contribution in [0.3, 0.4) is 0 Å². The lowest BCUT2D eigenvalue weighted by atomic mass is 10.0. The van der Waals surface area contributed by atoms with Crippen molar-refractivity contribution in [1.82, 2.24) is 19.9 Å². The van der Waals surface area contributed by atoms with Crippen molar-refractivity contribution in [2.75, 3.05) is 37.8 Å². The number of aromatic amines is 1. The maximum atomic E-state index is 16.5. The van der Waals surface area contributed by atoms with Gasteiger partial charge in [0.2, 0.25) is 0 Å². The second kappa shape index (κ2) is 12.1. The summed E-state index contributed by atoms with van der Waals surface area (Å²) in [6.45, 7) is 4.16. The highest BCUT2D eigenvalue weighted by molar-refractivity contribution is 5.93. The molecule has 3 heterocycles. The molecule has 42 heavy (non-hydrogen) atoms. The number of benzene rings is 3. The van der Waals surface area contributed by atoms with Crippen LogP contribution in [0.15, 0.2) is 79.1 Å². The van der Waals surface area contributed by atoms with Gasteiger partial charge in [0.25, 0.3) is 0 Å². The fraction of sp³-hybridized carbons (Fsp3) is 0.273. The van der Waals surface area contributed by atoms with Crippen molar-refractivity contribution in [2.45, 2.75) is 31.9 Å². The highest BCUT2D eigenvalue weighted by Crippen LogP contribution is 2.37. The second-order valence-corrected chi connectivity index (χ2v) is 10.6. The van der Waals surface area contributed by atoms with E-state index >= 15 is 4.39 Å². The number of hydrogen-bond donors (Lipinski definition) is 3. The van der Waals surface area contributed by atoms with E-state index < -0.39 is 11.9 Å². The van der Waals surface area contributed by atoms with E-state index in [-0.39, 0.29) is 11.9 Å². The van der Waals surface area contributed by atoms with E-state index in [1.165, 1.54) is 0 Å². The Morgan fingerprint density at radius 1 is 1.07 bits per heavy atom. The minimum absolute atomic E-state index is 0.0697. The first kappa shape index (κ1) is 27.5. The molecule has 0 bridgehead atoms. The highest BCUT2D eigenvalue weighted by Gasteiger charge is 2.27. The molecular formula is C33H35FN6O2. The molecule has 1 unspecified atom stereocenters. The number of piperidine rings is 1. The van der Waals surface area contributed by atoms with E-state index in [0.717, 1.165) is 53.6 Å². The number of fused-ring (bicyclic) bond motifs is 1. The summed E-state index contributed by atoms with van der Waals surface area (Å²) >= 11 is 0. The van der Waals surface area contributed by atoms with Crippen LogP contribution in [0.5, 0.6) is 11.5 Å². The van der Waals surface area contributed by atoms with Crippen LogP contribution in [0, 0.1) is 5.82 Å². The van der Waals surface area contributed by atoms with E-state index in [2.05, 4.69) is 27.2 Å². The number of anilines is 2. The van der Waals surface area contributed by atoms with Crippen molar-refractivity contribution in [3.8, 4) is 22.8 Å². The van der Waals surface area contributed by atoms with Gasteiger partial charge in [0, 0.05) is 42.0 Å².